The number of anilines is 4. The van der Waals surface area contributed by atoms with E-state index in [0.29, 0.717) is 10.2 Å². The molecule has 0 aliphatic carbocycles. The summed E-state index contributed by atoms with van der Waals surface area (Å²) in [6, 6.07) is 4.41. The highest BCUT2D eigenvalue weighted by atomic mass is 19.4. The van der Waals surface area contributed by atoms with Gasteiger partial charge in [-0.2, -0.15) is 23.3 Å². The van der Waals surface area contributed by atoms with Crippen LogP contribution in [0, 0.1) is 12.7 Å². The molecule has 3 rings (SSSR count). The van der Waals surface area contributed by atoms with Gasteiger partial charge in [-0.15, -0.1) is 0 Å². The van der Waals surface area contributed by atoms with Gasteiger partial charge in [-0.25, -0.2) is 9.37 Å². The largest absolute Gasteiger partial charge is 0.408 e. The number of para-hydroxylation sites is 1. The zero-order valence-electron chi connectivity index (χ0n) is 15.0. The van der Waals surface area contributed by atoms with Crippen molar-refractivity contribution in [1.82, 2.24) is 19.7 Å². The van der Waals surface area contributed by atoms with Gasteiger partial charge in [0.2, 0.25) is 5.95 Å². The maximum atomic E-state index is 14.1. The minimum absolute atomic E-state index is 0.0574. The van der Waals surface area contributed by atoms with E-state index in [0.717, 1.165) is 18.6 Å². The predicted octanol–water partition coefficient (Wildman–Crippen LogP) is 3.27. The summed E-state index contributed by atoms with van der Waals surface area (Å²) in [4.78, 5) is 19.7. The lowest BCUT2D eigenvalue weighted by atomic mass is 10.2. The first-order chi connectivity index (χ1) is 13.6. The van der Waals surface area contributed by atoms with E-state index in [1.165, 1.54) is 12.1 Å². The van der Waals surface area contributed by atoms with Crippen LogP contribution in [0.5, 0.6) is 0 Å². The molecule has 2 heterocycles. The van der Waals surface area contributed by atoms with E-state index in [4.69, 9.17) is 5.73 Å². The van der Waals surface area contributed by atoms with Crippen molar-refractivity contribution < 1.29 is 22.4 Å². The average molecular weight is 409 g/mol. The number of nitrogens with zero attached hydrogens (tertiary/aromatic N) is 4. The Morgan fingerprint density at radius 2 is 2.00 bits per heavy atom. The van der Waals surface area contributed by atoms with E-state index in [-0.39, 0.29) is 28.7 Å². The van der Waals surface area contributed by atoms with Gasteiger partial charge in [0.05, 0.1) is 17.6 Å². The molecule has 152 valence electrons. The van der Waals surface area contributed by atoms with Crippen LogP contribution in [0.4, 0.5) is 40.7 Å². The smallest absolute Gasteiger partial charge is 0.365 e. The van der Waals surface area contributed by atoms with Crippen LogP contribution in [-0.4, -0.2) is 31.8 Å². The number of amides is 1. The molecule has 0 saturated heterocycles. The van der Waals surface area contributed by atoms with E-state index in [1.54, 1.807) is 13.0 Å². The van der Waals surface area contributed by atoms with Crippen LogP contribution in [-0.2, 0) is 6.54 Å². The summed E-state index contributed by atoms with van der Waals surface area (Å²) in [6.45, 7) is 0.403. The predicted molar refractivity (Wildman–Crippen MR) is 96.5 cm³/mol. The summed E-state index contributed by atoms with van der Waals surface area (Å²) in [6.07, 6.45) is -1.02. The minimum atomic E-state index is -4.42. The SMILES string of the molecule is Cc1cccc(F)c1Nc1nc(Nc2cnn(CC(F)(F)F)c2)ncc1C(N)=O. The second kappa shape index (κ2) is 7.73. The molecule has 4 N–H and O–H groups in total. The number of hydrogen-bond acceptors (Lipinski definition) is 6. The lowest BCUT2D eigenvalue weighted by Crippen LogP contribution is -2.17. The number of primary amides is 1. The van der Waals surface area contributed by atoms with Crippen LogP contribution in [0.3, 0.4) is 0 Å². The number of nitrogens with two attached hydrogens (primary N) is 1. The Morgan fingerprint density at radius 1 is 1.24 bits per heavy atom. The highest BCUT2D eigenvalue weighted by molar-refractivity contribution is 5.98. The monoisotopic (exact) mass is 409 g/mol. The topological polar surface area (TPSA) is 111 Å². The zero-order chi connectivity index (χ0) is 21.2. The van der Waals surface area contributed by atoms with Gasteiger partial charge in [0, 0.05) is 12.4 Å². The number of carbonyl (C=O) groups is 1. The molecular formula is C17H15F4N7O. The highest BCUT2D eigenvalue weighted by Crippen LogP contribution is 2.26. The second-order valence-electron chi connectivity index (χ2n) is 6.04. The molecule has 12 heteroatoms. The highest BCUT2D eigenvalue weighted by Gasteiger charge is 2.28. The molecule has 0 aliphatic heterocycles. The van der Waals surface area contributed by atoms with E-state index in [1.807, 2.05) is 0 Å². The molecule has 0 aliphatic rings. The van der Waals surface area contributed by atoms with Gasteiger partial charge in [-0.3, -0.25) is 9.48 Å². The molecule has 1 amide bonds. The minimum Gasteiger partial charge on any atom is -0.365 e. The number of halogens is 4. The Bertz CT molecular complexity index is 1030. The number of hydrogen-bond donors (Lipinski definition) is 3. The third-order valence-electron chi connectivity index (χ3n) is 3.75. The molecular weight excluding hydrogens is 394 g/mol. The lowest BCUT2D eigenvalue weighted by Gasteiger charge is -2.13. The van der Waals surface area contributed by atoms with Crippen molar-refractivity contribution in [3.63, 3.8) is 0 Å². The summed E-state index contributed by atoms with van der Waals surface area (Å²) in [5.74, 6) is -1.53. The fourth-order valence-corrected chi connectivity index (χ4v) is 2.45. The number of carbonyl (C=O) groups excluding carboxylic acids is 1. The van der Waals surface area contributed by atoms with Gasteiger partial charge in [0.1, 0.15) is 23.7 Å². The third kappa shape index (κ3) is 4.97. The Hall–Kier alpha value is -3.70. The number of rotatable bonds is 6. The molecule has 1 aromatic carbocycles. The number of nitrogens with one attached hydrogen (secondary N) is 2. The van der Waals surface area contributed by atoms with Crippen LogP contribution in [0.1, 0.15) is 15.9 Å². The van der Waals surface area contributed by atoms with Crippen LogP contribution in [0.2, 0.25) is 0 Å². The van der Waals surface area contributed by atoms with E-state index in [9.17, 15) is 22.4 Å². The number of aryl methyl sites for hydroxylation is 1. The Balaban J connectivity index is 1.88. The van der Waals surface area contributed by atoms with Crippen molar-refractivity contribution >= 4 is 29.0 Å². The average Bonchev–Trinajstić information content (AvgIpc) is 3.03. The fourth-order valence-electron chi connectivity index (χ4n) is 2.45. The van der Waals surface area contributed by atoms with Crippen LogP contribution < -0.4 is 16.4 Å². The molecule has 0 saturated carbocycles. The van der Waals surface area contributed by atoms with E-state index >= 15 is 0 Å². The number of aromatic nitrogens is 4. The van der Waals surface area contributed by atoms with Crippen LogP contribution >= 0.6 is 0 Å². The summed E-state index contributed by atoms with van der Waals surface area (Å²) in [5, 5.41) is 8.99. The Morgan fingerprint density at radius 3 is 2.66 bits per heavy atom. The fraction of sp³-hybridized carbons (Fsp3) is 0.176. The van der Waals surface area contributed by atoms with Crippen LogP contribution in [0.25, 0.3) is 0 Å². The van der Waals surface area contributed by atoms with Crippen molar-refractivity contribution in [2.24, 2.45) is 5.73 Å². The maximum Gasteiger partial charge on any atom is 0.408 e. The molecule has 0 unspecified atom stereocenters. The summed E-state index contributed by atoms with van der Waals surface area (Å²) in [7, 11) is 0. The molecule has 3 aromatic rings. The lowest BCUT2D eigenvalue weighted by molar-refractivity contribution is -0.142. The molecule has 29 heavy (non-hydrogen) atoms. The van der Waals surface area contributed by atoms with Gasteiger partial charge in [-0.05, 0) is 18.6 Å². The quantitative estimate of drug-likeness (QED) is 0.539. The first kappa shape index (κ1) is 20.0. The standard InChI is InChI=1S/C17H15F4N7O/c1-9-3-2-4-12(18)13(9)26-15-11(14(22)29)6-23-16(27-15)25-10-5-24-28(7-10)8-17(19,20)21/h2-7H,8H2,1H3,(H2,22,29)(H2,23,25,26,27). The van der Waals surface area contributed by atoms with Gasteiger partial charge in [0.25, 0.3) is 5.91 Å². The molecule has 0 spiro atoms. The zero-order valence-corrected chi connectivity index (χ0v) is 15.0. The first-order valence-corrected chi connectivity index (χ1v) is 8.17. The van der Waals surface area contributed by atoms with Crippen molar-refractivity contribution in [2.75, 3.05) is 10.6 Å². The molecule has 8 nitrogen and oxygen atoms in total. The molecule has 0 atom stereocenters. The Kier molecular flexibility index (Phi) is 5.35. The normalized spacial score (nSPS) is 11.3. The first-order valence-electron chi connectivity index (χ1n) is 8.17. The van der Waals surface area contributed by atoms with E-state index in [2.05, 4.69) is 25.7 Å². The maximum absolute atomic E-state index is 14.1. The van der Waals surface area contributed by atoms with Crippen molar-refractivity contribution in [2.45, 2.75) is 19.6 Å². The van der Waals surface area contributed by atoms with Gasteiger partial charge in [-0.1, -0.05) is 12.1 Å². The van der Waals surface area contributed by atoms with Crippen molar-refractivity contribution in [3.8, 4) is 0 Å². The summed E-state index contributed by atoms with van der Waals surface area (Å²) >= 11 is 0. The molecule has 0 bridgehead atoms. The van der Waals surface area contributed by atoms with E-state index < -0.39 is 24.4 Å². The third-order valence-corrected chi connectivity index (χ3v) is 3.75. The molecule has 0 radical (unpaired) electrons. The summed E-state index contributed by atoms with van der Waals surface area (Å²) in [5.41, 5.74) is 6.07. The van der Waals surface area contributed by atoms with Gasteiger partial charge in [0.15, 0.2) is 0 Å². The Labute approximate surface area is 161 Å². The number of alkyl halides is 3. The van der Waals surface area contributed by atoms with Crippen LogP contribution in [0.15, 0.2) is 36.8 Å². The molecule has 2 aromatic heterocycles. The number of benzene rings is 1. The molecule has 0 fully saturated rings. The van der Waals surface area contributed by atoms with Gasteiger partial charge < -0.3 is 16.4 Å². The van der Waals surface area contributed by atoms with Crippen molar-refractivity contribution in [1.29, 1.82) is 0 Å². The second-order valence-corrected chi connectivity index (χ2v) is 6.04. The summed E-state index contributed by atoms with van der Waals surface area (Å²) < 4.78 is 52.1. The van der Waals surface area contributed by atoms with Crippen molar-refractivity contribution in [3.05, 3.63) is 53.7 Å². The van der Waals surface area contributed by atoms with Gasteiger partial charge >= 0.3 is 6.18 Å².